The van der Waals surface area contributed by atoms with Gasteiger partial charge < -0.3 is 5.32 Å². The van der Waals surface area contributed by atoms with Gasteiger partial charge in [0.1, 0.15) is 0 Å². The van der Waals surface area contributed by atoms with Gasteiger partial charge in [-0.15, -0.1) is 0 Å². The lowest BCUT2D eigenvalue weighted by molar-refractivity contribution is 0.0950. The maximum Gasteiger partial charge on any atom is 0.253 e. The summed E-state index contributed by atoms with van der Waals surface area (Å²) in [7, 11) is -3.77. The van der Waals surface area contributed by atoms with Crippen LogP contribution in [-0.2, 0) is 16.4 Å². The van der Waals surface area contributed by atoms with Crippen LogP contribution in [0.25, 0.3) is 11.0 Å². The second-order valence-electron chi connectivity index (χ2n) is 6.64. The van der Waals surface area contributed by atoms with Crippen LogP contribution in [0, 0.1) is 6.92 Å². The zero-order valence-corrected chi connectivity index (χ0v) is 17.3. The Hall–Kier alpha value is -3.30. The molecule has 0 unspecified atom stereocenters. The third-order valence-corrected chi connectivity index (χ3v) is 6.53. The molecule has 0 spiro atoms. The van der Waals surface area contributed by atoms with Gasteiger partial charge in [0.25, 0.3) is 5.91 Å². The molecule has 4 aromatic rings. The van der Waals surface area contributed by atoms with E-state index in [4.69, 9.17) is 11.6 Å². The Kier molecular flexibility index (Phi) is 5.23. The van der Waals surface area contributed by atoms with Crippen LogP contribution in [0.15, 0.2) is 64.9 Å². The first-order valence-corrected chi connectivity index (χ1v) is 10.7. The Morgan fingerprint density at radius 1 is 1.10 bits per heavy atom. The standard InChI is InChI=1S/C20H16ClN5O3S/c1-12-6-16(21)11-24-20(12)30(28,29)17-4-2-13(3-5-17)8-23-19(27)15-7-14-10-25-26-18(14)22-9-15/h2-7,9-11H,8H2,1H3,(H,23,27)(H,22,25,26). The highest BCUT2D eigenvalue weighted by Crippen LogP contribution is 2.24. The number of aryl methyl sites for hydroxylation is 1. The normalized spacial score (nSPS) is 11.5. The molecule has 0 radical (unpaired) electrons. The number of sulfone groups is 1. The average molecular weight is 442 g/mol. The number of carbonyl (C=O) groups is 1. The molecule has 152 valence electrons. The van der Waals surface area contributed by atoms with Crippen LogP contribution in [0.4, 0.5) is 0 Å². The van der Waals surface area contributed by atoms with Crippen molar-refractivity contribution in [2.45, 2.75) is 23.4 Å². The molecule has 1 aromatic carbocycles. The van der Waals surface area contributed by atoms with Crippen LogP contribution >= 0.6 is 11.6 Å². The molecule has 0 fully saturated rings. The van der Waals surface area contributed by atoms with Crippen LogP contribution in [-0.4, -0.2) is 34.5 Å². The van der Waals surface area contributed by atoms with E-state index in [0.29, 0.717) is 21.8 Å². The minimum atomic E-state index is -3.77. The molecule has 3 heterocycles. The van der Waals surface area contributed by atoms with Crippen LogP contribution in [0.2, 0.25) is 5.02 Å². The summed E-state index contributed by atoms with van der Waals surface area (Å²) in [5.41, 5.74) is 2.24. The summed E-state index contributed by atoms with van der Waals surface area (Å²) in [4.78, 5) is 20.6. The van der Waals surface area contributed by atoms with E-state index in [1.807, 2.05) is 0 Å². The summed E-state index contributed by atoms with van der Waals surface area (Å²) >= 11 is 5.86. The number of rotatable bonds is 5. The first-order valence-electron chi connectivity index (χ1n) is 8.88. The number of benzene rings is 1. The minimum absolute atomic E-state index is 0.0323. The number of aromatic nitrogens is 4. The minimum Gasteiger partial charge on any atom is -0.348 e. The van der Waals surface area contributed by atoms with Crippen molar-refractivity contribution in [2.75, 3.05) is 0 Å². The fraction of sp³-hybridized carbons (Fsp3) is 0.100. The van der Waals surface area contributed by atoms with Gasteiger partial charge in [-0.1, -0.05) is 23.7 Å². The highest BCUT2D eigenvalue weighted by molar-refractivity contribution is 7.91. The highest BCUT2D eigenvalue weighted by Gasteiger charge is 2.21. The molecule has 30 heavy (non-hydrogen) atoms. The maximum atomic E-state index is 12.8. The lowest BCUT2D eigenvalue weighted by atomic mass is 10.2. The first-order chi connectivity index (χ1) is 14.3. The Morgan fingerprint density at radius 3 is 2.60 bits per heavy atom. The molecule has 8 nitrogen and oxygen atoms in total. The molecule has 0 aliphatic heterocycles. The lowest BCUT2D eigenvalue weighted by Crippen LogP contribution is -2.22. The van der Waals surface area contributed by atoms with Crippen molar-refractivity contribution in [2.24, 2.45) is 0 Å². The quantitative estimate of drug-likeness (QED) is 0.491. The second kappa shape index (κ2) is 7.85. The number of pyridine rings is 2. The van der Waals surface area contributed by atoms with Gasteiger partial charge in [-0.2, -0.15) is 5.10 Å². The first kappa shape index (κ1) is 20.0. The van der Waals surface area contributed by atoms with Crippen molar-refractivity contribution < 1.29 is 13.2 Å². The van der Waals surface area contributed by atoms with Gasteiger partial charge >= 0.3 is 0 Å². The number of halogens is 1. The van der Waals surface area contributed by atoms with Crippen molar-refractivity contribution >= 4 is 38.4 Å². The van der Waals surface area contributed by atoms with Crippen molar-refractivity contribution in [3.63, 3.8) is 0 Å². The molecule has 0 aliphatic carbocycles. The van der Waals surface area contributed by atoms with E-state index in [9.17, 15) is 13.2 Å². The fourth-order valence-corrected chi connectivity index (χ4v) is 4.56. The Labute approximate surface area is 177 Å². The topological polar surface area (TPSA) is 118 Å². The summed E-state index contributed by atoms with van der Waals surface area (Å²) in [6.45, 7) is 1.88. The zero-order chi connectivity index (χ0) is 21.3. The lowest BCUT2D eigenvalue weighted by Gasteiger charge is -2.09. The molecule has 0 atom stereocenters. The molecule has 4 rings (SSSR count). The third kappa shape index (κ3) is 3.89. The summed E-state index contributed by atoms with van der Waals surface area (Å²) in [6.07, 6.45) is 4.36. The molecular weight excluding hydrogens is 426 g/mol. The number of nitrogens with zero attached hydrogens (tertiary/aromatic N) is 3. The molecule has 0 saturated heterocycles. The van der Waals surface area contributed by atoms with E-state index >= 15 is 0 Å². The number of hydrogen-bond donors (Lipinski definition) is 2. The number of H-pyrrole nitrogens is 1. The Balaban J connectivity index is 1.47. The van der Waals surface area contributed by atoms with Gasteiger partial charge in [0, 0.05) is 24.3 Å². The van der Waals surface area contributed by atoms with Gasteiger partial charge in [-0.25, -0.2) is 18.4 Å². The third-order valence-electron chi connectivity index (χ3n) is 4.49. The maximum absolute atomic E-state index is 12.8. The monoisotopic (exact) mass is 441 g/mol. The van der Waals surface area contributed by atoms with Gasteiger partial charge in [0.15, 0.2) is 10.7 Å². The molecular formula is C20H16ClN5O3S. The van der Waals surface area contributed by atoms with Crippen LogP contribution in [0.1, 0.15) is 21.5 Å². The zero-order valence-electron chi connectivity index (χ0n) is 15.8. The van der Waals surface area contributed by atoms with E-state index in [0.717, 1.165) is 10.9 Å². The summed E-state index contributed by atoms with van der Waals surface area (Å²) < 4.78 is 25.6. The van der Waals surface area contributed by atoms with Gasteiger partial charge in [0.2, 0.25) is 9.84 Å². The molecule has 1 amide bonds. The number of hydrogen-bond acceptors (Lipinski definition) is 6. The fourth-order valence-electron chi connectivity index (χ4n) is 2.95. The molecule has 3 aromatic heterocycles. The van der Waals surface area contributed by atoms with E-state index in [-0.39, 0.29) is 22.4 Å². The van der Waals surface area contributed by atoms with E-state index in [1.165, 1.54) is 24.5 Å². The number of nitrogens with one attached hydrogen (secondary N) is 2. The van der Waals surface area contributed by atoms with Crippen LogP contribution in [0.5, 0.6) is 0 Å². The van der Waals surface area contributed by atoms with E-state index in [1.54, 1.807) is 37.4 Å². The molecule has 0 saturated carbocycles. The smallest absolute Gasteiger partial charge is 0.253 e. The summed E-state index contributed by atoms with van der Waals surface area (Å²) in [5.74, 6) is -0.289. The largest absolute Gasteiger partial charge is 0.348 e. The predicted molar refractivity (Wildman–Crippen MR) is 111 cm³/mol. The number of carbonyl (C=O) groups excluding carboxylic acids is 1. The van der Waals surface area contributed by atoms with Gasteiger partial charge in [0.05, 0.1) is 21.7 Å². The number of aromatic amines is 1. The van der Waals surface area contributed by atoms with Crippen molar-refractivity contribution in [1.82, 2.24) is 25.5 Å². The van der Waals surface area contributed by atoms with E-state index in [2.05, 4.69) is 25.5 Å². The molecule has 10 heteroatoms. The highest BCUT2D eigenvalue weighted by atomic mass is 35.5. The van der Waals surface area contributed by atoms with Crippen molar-refractivity contribution in [3.05, 3.63) is 76.7 Å². The Bertz CT molecular complexity index is 1350. The molecule has 2 N–H and O–H groups in total. The van der Waals surface area contributed by atoms with E-state index < -0.39 is 9.84 Å². The van der Waals surface area contributed by atoms with Gasteiger partial charge in [-0.05, 0) is 42.3 Å². The summed E-state index contributed by atoms with van der Waals surface area (Å²) in [5, 5.41) is 10.5. The van der Waals surface area contributed by atoms with Crippen LogP contribution < -0.4 is 5.32 Å². The second-order valence-corrected chi connectivity index (χ2v) is 8.94. The number of fused-ring (bicyclic) bond motifs is 1. The SMILES string of the molecule is Cc1cc(Cl)cnc1S(=O)(=O)c1ccc(CNC(=O)c2cnc3[nH]ncc3c2)cc1. The van der Waals surface area contributed by atoms with Gasteiger partial charge in [-0.3, -0.25) is 9.89 Å². The Morgan fingerprint density at radius 2 is 1.87 bits per heavy atom. The molecule has 0 bridgehead atoms. The molecule has 0 aliphatic rings. The summed E-state index contributed by atoms with van der Waals surface area (Å²) in [6, 6.07) is 9.53. The average Bonchev–Trinajstić information content (AvgIpc) is 3.20. The van der Waals surface area contributed by atoms with Crippen LogP contribution in [0.3, 0.4) is 0 Å². The predicted octanol–water partition coefficient (Wildman–Crippen LogP) is 3.08. The van der Waals surface area contributed by atoms with Crippen molar-refractivity contribution in [1.29, 1.82) is 0 Å². The number of amides is 1. The van der Waals surface area contributed by atoms with Crippen molar-refractivity contribution in [3.8, 4) is 0 Å².